The Balaban J connectivity index is 2.34. The number of halogens is 3. The van der Waals surface area contributed by atoms with E-state index in [0.717, 1.165) is 11.1 Å². The van der Waals surface area contributed by atoms with Crippen molar-refractivity contribution in [1.29, 1.82) is 0 Å². The summed E-state index contributed by atoms with van der Waals surface area (Å²) in [5.74, 6) is 0.538. The molecule has 0 bridgehead atoms. The Morgan fingerprint density at radius 1 is 1.35 bits per heavy atom. The first-order valence-corrected chi connectivity index (χ1v) is 7.29. The Kier molecular flexibility index (Phi) is 3.48. The van der Waals surface area contributed by atoms with Crippen LogP contribution < -0.4 is 0 Å². The molecule has 0 aliphatic carbocycles. The summed E-state index contributed by atoms with van der Waals surface area (Å²) in [6.07, 6.45) is 1.71. The summed E-state index contributed by atoms with van der Waals surface area (Å²) >= 11 is 9.11. The molecular formula is C14H10BrClFN3. The van der Waals surface area contributed by atoms with Crippen LogP contribution in [0.2, 0.25) is 0 Å². The van der Waals surface area contributed by atoms with Crippen molar-refractivity contribution in [3.63, 3.8) is 0 Å². The van der Waals surface area contributed by atoms with Gasteiger partial charge in [0.15, 0.2) is 5.65 Å². The van der Waals surface area contributed by atoms with Crippen molar-refractivity contribution in [1.82, 2.24) is 14.5 Å². The lowest BCUT2D eigenvalue weighted by molar-refractivity contribution is 0.620. The highest BCUT2D eigenvalue weighted by molar-refractivity contribution is 9.10. The molecule has 0 N–H and O–H groups in total. The van der Waals surface area contributed by atoms with Crippen molar-refractivity contribution in [2.24, 2.45) is 0 Å². The minimum atomic E-state index is -0.336. The van der Waals surface area contributed by atoms with Crippen molar-refractivity contribution >= 4 is 38.7 Å². The van der Waals surface area contributed by atoms with Crippen LogP contribution in [0.3, 0.4) is 0 Å². The molecule has 3 rings (SSSR count). The predicted molar refractivity (Wildman–Crippen MR) is 80.8 cm³/mol. The Labute approximate surface area is 128 Å². The standard InChI is InChI=1S/C14H10BrClFN3/c1-8-4-5-18-14-13(8)19-12(7-16)20(14)9-2-3-10(15)11(17)6-9/h2-6H,7H2,1H3. The highest BCUT2D eigenvalue weighted by Gasteiger charge is 2.15. The third kappa shape index (κ3) is 2.11. The van der Waals surface area contributed by atoms with Gasteiger partial charge in [-0.15, -0.1) is 11.6 Å². The van der Waals surface area contributed by atoms with Crippen LogP contribution in [0.15, 0.2) is 34.9 Å². The zero-order valence-electron chi connectivity index (χ0n) is 10.6. The van der Waals surface area contributed by atoms with Crippen LogP contribution >= 0.6 is 27.5 Å². The maximum atomic E-state index is 13.8. The van der Waals surface area contributed by atoms with Gasteiger partial charge in [0.1, 0.15) is 17.2 Å². The van der Waals surface area contributed by atoms with Crippen LogP contribution in [0.4, 0.5) is 4.39 Å². The average molecular weight is 355 g/mol. The van der Waals surface area contributed by atoms with Gasteiger partial charge in [-0.1, -0.05) is 0 Å². The van der Waals surface area contributed by atoms with E-state index >= 15 is 0 Å². The zero-order valence-corrected chi connectivity index (χ0v) is 12.9. The van der Waals surface area contributed by atoms with Gasteiger partial charge >= 0.3 is 0 Å². The number of nitrogens with zero attached hydrogens (tertiary/aromatic N) is 3. The molecule has 0 aliphatic rings. The molecular weight excluding hydrogens is 345 g/mol. The van der Waals surface area contributed by atoms with Gasteiger partial charge in [-0.25, -0.2) is 14.4 Å². The molecule has 0 amide bonds. The Hall–Kier alpha value is -1.46. The summed E-state index contributed by atoms with van der Waals surface area (Å²) in [5.41, 5.74) is 3.13. The summed E-state index contributed by atoms with van der Waals surface area (Å²) in [7, 11) is 0. The fourth-order valence-corrected chi connectivity index (χ4v) is 2.55. The minimum absolute atomic E-state index is 0.230. The molecule has 3 aromatic rings. The molecule has 20 heavy (non-hydrogen) atoms. The number of fused-ring (bicyclic) bond motifs is 1. The van der Waals surface area contributed by atoms with Crippen molar-refractivity contribution in [3.05, 3.63) is 52.1 Å². The first kappa shape index (κ1) is 13.5. The number of benzene rings is 1. The summed E-state index contributed by atoms with van der Waals surface area (Å²) < 4.78 is 16.0. The van der Waals surface area contributed by atoms with E-state index in [9.17, 15) is 4.39 Å². The smallest absolute Gasteiger partial charge is 0.164 e. The number of imidazole rings is 1. The first-order chi connectivity index (χ1) is 9.61. The maximum absolute atomic E-state index is 13.8. The number of hydrogen-bond donors (Lipinski definition) is 0. The third-order valence-electron chi connectivity index (χ3n) is 3.10. The first-order valence-electron chi connectivity index (χ1n) is 5.96. The molecule has 6 heteroatoms. The van der Waals surface area contributed by atoms with E-state index < -0.39 is 0 Å². The molecule has 0 fully saturated rings. The second-order valence-corrected chi connectivity index (χ2v) is 5.52. The molecule has 0 spiro atoms. The summed E-state index contributed by atoms with van der Waals surface area (Å²) in [6.45, 7) is 1.96. The van der Waals surface area contributed by atoms with Crippen molar-refractivity contribution in [2.75, 3.05) is 0 Å². The predicted octanol–water partition coefficient (Wildman–Crippen LogP) is 4.37. The molecule has 3 nitrogen and oxygen atoms in total. The number of pyridine rings is 1. The van der Waals surface area contributed by atoms with E-state index in [-0.39, 0.29) is 11.7 Å². The van der Waals surface area contributed by atoms with Crippen LogP contribution in [-0.4, -0.2) is 14.5 Å². The molecule has 0 saturated carbocycles. The van der Waals surface area contributed by atoms with Crippen LogP contribution in [0.25, 0.3) is 16.9 Å². The highest BCUT2D eigenvalue weighted by atomic mass is 79.9. The third-order valence-corrected chi connectivity index (χ3v) is 3.98. The van der Waals surface area contributed by atoms with Gasteiger partial charge < -0.3 is 0 Å². The van der Waals surface area contributed by atoms with Gasteiger partial charge in [0.05, 0.1) is 16.0 Å². The summed E-state index contributed by atoms with van der Waals surface area (Å²) in [5, 5.41) is 0. The largest absolute Gasteiger partial charge is 0.280 e. The topological polar surface area (TPSA) is 30.7 Å². The number of alkyl halides is 1. The Morgan fingerprint density at radius 3 is 2.85 bits per heavy atom. The number of aromatic nitrogens is 3. The molecule has 0 aliphatic heterocycles. The average Bonchev–Trinajstić information content (AvgIpc) is 2.82. The Morgan fingerprint density at radius 2 is 2.15 bits per heavy atom. The quantitative estimate of drug-likeness (QED) is 0.640. The maximum Gasteiger partial charge on any atom is 0.164 e. The fraction of sp³-hybridized carbons (Fsp3) is 0.143. The van der Waals surface area contributed by atoms with Crippen molar-refractivity contribution in [3.8, 4) is 5.69 Å². The fourth-order valence-electron chi connectivity index (χ4n) is 2.12. The minimum Gasteiger partial charge on any atom is -0.280 e. The van der Waals surface area contributed by atoms with E-state index in [1.165, 1.54) is 6.07 Å². The van der Waals surface area contributed by atoms with Crippen LogP contribution in [0.1, 0.15) is 11.4 Å². The van der Waals surface area contributed by atoms with Gasteiger partial charge in [-0.05, 0) is 52.7 Å². The summed E-state index contributed by atoms with van der Waals surface area (Å²) in [4.78, 5) is 8.84. The second kappa shape index (κ2) is 5.14. The van der Waals surface area contributed by atoms with E-state index in [1.54, 1.807) is 22.9 Å². The molecule has 1 aromatic carbocycles. The monoisotopic (exact) mass is 353 g/mol. The number of rotatable bonds is 2. The molecule has 0 unspecified atom stereocenters. The lowest BCUT2D eigenvalue weighted by Crippen LogP contribution is -2.01. The van der Waals surface area contributed by atoms with E-state index in [0.29, 0.717) is 21.6 Å². The van der Waals surface area contributed by atoms with Gasteiger partial charge in [-0.2, -0.15) is 0 Å². The van der Waals surface area contributed by atoms with Crippen molar-refractivity contribution in [2.45, 2.75) is 12.8 Å². The molecule has 2 aromatic heterocycles. The van der Waals surface area contributed by atoms with Gasteiger partial charge in [0.2, 0.25) is 0 Å². The van der Waals surface area contributed by atoms with Gasteiger partial charge in [0, 0.05) is 6.20 Å². The molecule has 102 valence electrons. The Bertz CT molecular complexity index is 800. The number of hydrogen-bond acceptors (Lipinski definition) is 2. The van der Waals surface area contributed by atoms with Gasteiger partial charge in [0.25, 0.3) is 0 Å². The highest BCUT2D eigenvalue weighted by Crippen LogP contribution is 2.25. The summed E-state index contributed by atoms with van der Waals surface area (Å²) in [6, 6.07) is 6.78. The lowest BCUT2D eigenvalue weighted by Gasteiger charge is -2.08. The molecule has 2 heterocycles. The molecule has 0 radical (unpaired) electrons. The molecule has 0 atom stereocenters. The lowest BCUT2D eigenvalue weighted by atomic mass is 10.2. The SMILES string of the molecule is Cc1ccnc2c1nc(CCl)n2-c1ccc(Br)c(F)c1. The van der Waals surface area contributed by atoms with Gasteiger partial charge in [-0.3, -0.25) is 4.57 Å². The number of aryl methyl sites for hydroxylation is 1. The zero-order chi connectivity index (χ0) is 14.3. The second-order valence-electron chi connectivity index (χ2n) is 4.40. The van der Waals surface area contributed by atoms with Crippen LogP contribution in [-0.2, 0) is 5.88 Å². The van der Waals surface area contributed by atoms with Crippen LogP contribution in [0, 0.1) is 12.7 Å². The van der Waals surface area contributed by atoms with E-state index in [2.05, 4.69) is 25.9 Å². The van der Waals surface area contributed by atoms with Crippen molar-refractivity contribution < 1.29 is 4.39 Å². The van der Waals surface area contributed by atoms with E-state index in [1.807, 2.05) is 13.0 Å². The van der Waals surface area contributed by atoms with Crippen LogP contribution in [0.5, 0.6) is 0 Å². The normalized spacial score (nSPS) is 11.2. The van der Waals surface area contributed by atoms with E-state index in [4.69, 9.17) is 11.6 Å². The molecule has 0 saturated heterocycles.